The number of nitrogens with one attached hydrogen (secondary N) is 2. The van der Waals surface area contributed by atoms with Gasteiger partial charge in [0, 0.05) is 26.2 Å². The van der Waals surface area contributed by atoms with Crippen LogP contribution in [0.2, 0.25) is 0 Å². The van der Waals surface area contributed by atoms with E-state index in [0.29, 0.717) is 13.1 Å². The molecule has 3 rings (SSSR count). The standard InChI is InChI=1S/C22H29N5O.HI/c1-5-12-28-20-13-16(2)10-11-17(20)14-24-22(23-3)25-15-21-26-18-8-6-7-9-19(18)27(21)4;/h6-11,13H,5,12,14-15H2,1-4H3,(H2,23,24,25);1H. The molecule has 1 heterocycles. The van der Waals surface area contributed by atoms with Gasteiger partial charge in [-0.15, -0.1) is 24.0 Å². The maximum Gasteiger partial charge on any atom is 0.191 e. The van der Waals surface area contributed by atoms with Gasteiger partial charge in [0.25, 0.3) is 0 Å². The number of aromatic nitrogens is 2. The number of rotatable bonds is 7. The van der Waals surface area contributed by atoms with Crippen molar-refractivity contribution in [2.24, 2.45) is 12.0 Å². The first-order valence-electron chi connectivity index (χ1n) is 9.69. The number of nitrogens with zero attached hydrogens (tertiary/aromatic N) is 3. The van der Waals surface area contributed by atoms with Crippen molar-refractivity contribution in [1.29, 1.82) is 0 Å². The fourth-order valence-electron chi connectivity index (χ4n) is 3.07. The van der Waals surface area contributed by atoms with Crippen LogP contribution in [-0.2, 0) is 20.1 Å². The molecule has 0 amide bonds. The number of para-hydroxylation sites is 2. The molecule has 3 aromatic rings. The second-order valence-electron chi connectivity index (χ2n) is 6.81. The quantitative estimate of drug-likeness (QED) is 0.287. The summed E-state index contributed by atoms with van der Waals surface area (Å²) in [4.78, 5) is 9.02. The molecule has 2 N–H and O–H groups in total. The Balaban J connectivity index is 0.00000300. The van der Waals surface area contributed by atoms with Crippen LogP contribution in [-0.4, -0.2) is 29.2 Å². The van der Waals surface area contributed by atoms with Crippen molar-refractivity contribution in [3.05, 3.63) is 59.4 Å². The van der Waals surface area contributed by atoms with E-state index in [1.54, 1.807) is 7.05 Å². The summed E-state index contributed by atoms with van der Waals surface area (Å²) in [6.07, 6.45) is 0.988. The first-order chi connectivity index (χ1) is 13.6. The van der Waals surface area contributed by atoms with E-state index in [0.717, 1.165) is 47.2 Å². The average Bonchev–Trinajstić information content (AvgIpc) is 3.03. The van der Waals surface area contributed by atoms with E-state index >= 15 is 0 Å². The Kier molecular flexibility index (Phi) is 8.75. The van der Waals surface area contributed by atoms with Gasteiger partial charge in [-0.25, -0.2) is 4.98 Å². The van der Waals surface area contributed by atoms with Crippen molar-refractivity contribution in [1.82, 2.24) is 20.2 Å². The summed E-state index contributed by atoms with van der Waals surface area (Å²) < 4.78 is 8.00. The molecule has 0 aliphatic rings. The molecular weight excluding hydrogens is 477 g/mol. The van der Waals surface area contributed by atoms with Gasteiger partial charge in [-0.05, 0) is 37.1 Å². The van der Waals surface area contributed by atoms with Crippen molar-refractivity contribution in [2.75, 3.05) is 13.7 Å². The van der Waals surface area contributed by atoms with E-state index in [4.69, 9.17) is 9.72 Å². The minimum absolute atomic E-state index is 0. The Bertz CT molecular complexity index is 967. The maximum atomic E-state index is 5.90. The molecule has 0 aliphatic carbocycles. The zero-order valence-corrected chi connectivity index (χ0v) is 19.9. The van der Waals surface area contributed by atoms with Crippen LogP contribution in [0.3, 0.4) is 0 Å². The lowest BCUT2D eigenvalue weighted by molar-refractivity contribution is 0.313. The average molecular weight is 507 g/mol. The van der Waals surface area contributed by atoms with Gasteiger partial charge in [-0.2, -0.15) is 0 Å². The molecule has 2 aromatic carbocycles. The summed E-state index contributed by atoms with van der Waals surface area (Å²) >= 11 is 0. The van der Waals surface area contributed by atoms with E-state index in [1.807, 2.05) is 25.2 Å². The number of hydrogen-bond acceptors (Lipinski definition) is 3. The molecule has 156 valence electrons. The second kappa shape index (κ2) is 11.0. The Morgan fingerprint density at radius 3 is 2.62 bits per heavy atom. The molecule has 0 bridgehead atoms. The zero-order valence-electron chi connectivity index (χ0n) is 17.5. The topological polar surface area (TPSA) is 63.5 Å². The molecule has 7 heteroatoms. The molecule has 0 spiro atoms. The second-order valence-corrected chi connectivity index (χ2v) is 6.81. The number of aliphatic imine (C=N–C) groups is 1. The highest BCUT2D eigenvalue weighted by Crippen LogP contribution is 2.20. The molecule has 0 radical (unpaired) electrons. The van der Waals surface area contributed by atoms with E-state index in [2.05, 4.69) is 58.3 Å². The lowest BCUT2D eigenvalue weighted by Crippen LogP contribution is -2.37. The molecular formula is C22H30IN5O. The number of imidazole rings is 1. The van der Waals surface area contributed by atoms with Crippen molar-refractivity contribution < 1.29 is 4.74 Å². The minimum atomic E-state index is 0. The molecule has 1 aromatic heterocycles. The van der Waals surface area contributed by atoms with Crippen molar-refractivity contribution >= 4 is 41.0 Å². The number of benzene rings is 2. The normalized spacial score (nSPS) is 11.2. The monoisotopic (exact) mass is 507 g/mol. The Hall–Kier alpha value is -2.29. The first-order valence-corrected chi connectivity index (χ1v) is 9.69. The molecule has 0 saturated heterocycles. The van der Waals surface area contributed by atoms with Gasteiger partial charge < -0.3 is 19.9 Å². The molecule has 0 atom stereocenters. The third-order valence-electron chi connectivity index (χ3n) is 4.65. The summed E-state index contributed by atoms with van der Waals surface area (Å²) in [5.41, 5.74) is 4.44. The Morgan fingerprint density at radius 1 is 1.14 bits per heavy atom. The highest BCUT2D eigenvalue weighted by Gasteiger charge is 2.09. The number of ether oxygens (including phenoxy) is 1. The largest absolute Gasteiger partial charge is 0.493 e. The molecule has 0 saturated carbocycles. The van der Waals surface area contributed by atoms with E-state index in [1.165, 1.54) is 5.56 Å². The van der Waals surface area contributed by atoms with Crippen LogP contribution in [0.15, 0.2) is 47.5 Å². The Morgan fingerprint density at radius 2 is 1.90 bits per heavy atom. The lowest BCUT2D eigenvalue weighted by atomic mass is 10.1. The van der Waals surface area contributed by atoms with Gasteiger partial charge in [0.1, 0.15) is 11.6 Å². The van der Waals surface area contributed by atoms with Crippen LogP contribution in [0.1, 0.15) is 30.3 Å². The van der Waals surface area contributed by atoms with Crippen molar-refractivity contribution in [2.45, 2.75) is 33.4 Å². The molecule has 0 fully saturated rings. The molecule has 0 aliphatic heterocycles. The number of fused-ring (bicyclic) bond motifs is 1. The van der Waals surface area contributed by atoms with Gasteiger partial charge in [0.2, 0.25) is 0 Å². The van der Waals surface area contributed by atoms with Crippen LogP contribution in [0.25, 0.3) is 11.0 Å². The predicted octanol–water partition coefficient (Wildman–Crippen LogP) is 4.15. The molecule has 29 heavy (non-hydrogen) atoms. The summed E-state index contributed by atoms with van der Waals surface area (Å²) in [6, 6.07) is 14.4. The smallest absolute Gasteiger partial charge is 0.191 e. The van der Waals surface area contributed by atoms with E-state index in [9.17, 15) is 0 Å². The van der Waals surface area contributed by atoms with Crippen LogP contribution in [0.4, 0.5) is 0 Å². The first kappa shape index (κ1) is 23.0. The fraction of sp³-hybridized carbons (Fsp3) is 0.364. The number of hydrogen-bond donors (Lipinski definition) is 2. The number of guanidine groups is 1. The highest BCUT2D eigenvalue weighted by atomic mass is 127. The summed E-state index contributed by atoms with van der Waals surface area (Å²) in [5, 5.41) is 6.71. The predicted molar refractivity (Wildman–Crippen MR) is 130 cm³/mol. The number of aryl methyl sites for hydroxylation is 2. The molecule has 0 unspecified atom stereocenters. The third kappa shape index (κ3) is 5.85. The summed E-state index contributed by atoms with van der Waals surface area (Å²) in [7, 11) is 3.81. The van der Waals surface area contributed by atoms with Gasteiger partial charge in [-0.3, -0.25) is 4.99 Å². The van der Waals surface area contributed by atoms with E-state index < -0.39 is 0 Å². The summed E-state index contributed by atoms with van der Waals surface area (Å²) in [5.74, 6) is 2.63. The summed E-state index contributed by atoms with van der Waals surface area (Å²) in [6.45, 7) is 6.14. The molecule has 6 nitrogen and oxygen atoms in total. The van der Waals surface area contributed by atoms with Crippen LogP contribution >= 0.6 is 24.0 Å². The van der Waals surface area contributed by atoms with Crippen LogP contribution < -0.4 is 15.4 Å². The van der Waals surface area contributed by atoms with Gasteiger partial charge >= 0.3 is 0 Å². The van der Waals surface area contributed by atoms with E-state index in [-0.39, 0.29) is 24.0 Å². The van der Waals surface area contributed by atoms with Crippen molar-refractivity contribution in [3.63, 3.8) is 0 Å². The number of halogens is 1. The third-order valence-corrected chi connectivity index (χ3v) is 4.65. The van der Waals surface area contributed by atoms with Gasteiger partial charge in [-0.1, -0.05) is 31.2 Å². The maximum absolute atomic E-state index is 5.90. The zero-order chi connectivity index (χ0) is 19.9. The fourth-order valence-corrected chi connectivity index (χ4v) is 3.07. The highest BCUT2D eigenvalue weighted by molar-refractivity contribution is 14.0. The Labute approximate surface area is 189 Å². The minimum Gasteiger partial charge on any atom is -0.493 e. The SMILES string of the molecule is CCCOc1cc(C)ccc1CNC(=NC)NCc1nc2ccccc2n1C.I. The van der Waals surface area contributed by atoms with Crippen LogP contribution in [0, 0.1) is 6.92 Å². The van der Waals surface area contributed by atoms with Crippen LogP contribution in [0.5, 0.6) is 5.75 Å². The van der Waals surface area contributed by atoms with Gasteiger partial charge in [0.15, 0.2) is 5.96 Å². The lowest BCUT2D eigenvalue weighted by Gasteiger charge is -2.15. The van der Waals surface area contributed by atoms with Crippen molar-refractivity contribution in [3.8, 4) is 5.75 Å². The van der Waals surface area contributed by atoms with Gasteiger partial charge in [0.05, 0.1) is 24.2 Å².